The van der Waals surface area contributed by atoms with E-state index in [-0.39, 0.29) is 5.97 Å². The van der Waals surface area contributed by atoms with Crippen LogP contribution in [0.1, 0.15) is 31.7 Å². The standard InChI is InChI=1S/C16H19IO2/c1-2-14-12-16(9-6-10-17,19-15(14)18)11-13-7-4-3-5-8-13/h3-5,7-8,12H,2,6,9-11H2,1H3/t16-/m0/s1. The smallest absolute Gasteiger partial charge is 0.334 e. The van der Waals surface area contributed by atoms with Crippen LogP contribution in [0.4, 0.5) is 0 Å². The van der Waals surface area contributed by atoms with Crippen molar-refractivity contribution < 1.29 is 9.53 Å². The molecule has 3 heteroatoms. The fourth-order valence-corrected chi connectivity index (χ4v) is 2.89. The number of rotatable bonds is 6. The van der Waals surface area contributed by atoms with E-state index in [0.717, 1.165) is 35.7 Å². The molecule has 1 aromatic carbocycles. The first kappa shape index (κ1) is 14.6. The highest BCUT2D eigenvalue weighted by atomic mass is 127. The molecule has 1 heterocycles. The van der Waals surface area contributed by atoms with Gasteiger partial charge in [0.2, 0.25) is 0 Å². The lowest BCUT2D eigenvalue weighted by atomic mass is 9.89. The Kier molecular flexibility index (Phi) is 5.02. The Morgan fingerprint density at radius 2 is 2.00 bits per heavy atom. The number of carbonyl (C=O) groups excluding carboxylic acids is 1. The molecule has 2 rings (SSSR count). The Morgan fingerprint density at radius 1 is 1.26 bits per heavy atom. The molecule has 19 heavy (non-hydrogen) atoms. The van der Waals surface area contributed by atoms with Gasteiger partial charge in [0.1, 0.15) is 5.60 Å². The largest absolute Gasteiger partial charge is 0.451 e. The SMILES string of the molecule is CCC1=C[C@](CCCI)(Cc2ccccc2)OC1=O. The molecule has 0 saturated carbocycles. The van der Waals surface area contributed by atoms with Gasteiger partial charge in [0.05, 0.1) is 0 Å². The van der Waals surface area contributed by atoms with Crippen molar-refractivity contribution in [3.8, 4) is 0 Å². The van der Waals surface area contributed by atoms with Gasteiger partial charge in [0.25, 0.3) is 0 Å². The zero-order valence-electron chi connectivity index (χ0n) is 11.2. The van der Waals surface area contributed by atoms with E-state index < -0.39 is 5.60 Å². The van der Waals surface area contributed by atoms with Crippen molar-refractivity contribution in [3.05, 3.63) is 47.5 Å². The van der Waals surface area contributed by atoms with Crippen LogP contribution in [0.15, 0.2) is 42.0 Å². The summed E-state index contributed by atoms with van der Waals surface area (Å²) in [5, 5.41) is 0. The zero-order chi connectivity index (χ0) is 13.7. The average Bonchev–Trinajstić information content (AvgIpc) is 2.74. The van der Waals surface area contributed by atoms with E-state index in [1.807, 2.05) is 25.1 Å². The van der Waals surface area contributed by atoms with Crippen LogP contribution < -0.4 is 0 Å². The van der Waals surface area contributed by atoms with Gasteiger partial charge in [-0.2, -0.15) is 0 Å². The fourth-order valence-electron chi connectivity index (χ4n) is 2.51. The van der Waals surface area contributed by atoms with Crippen LogP contribution in [0.3, 0.4) is 0 Å². The summed E-state index contributed by atoms with van der Waals surface area (Å²) in [4.78, 5) is 11.9. The molecule has 0 spiro atoms. The van der Waals surface area contributed by atoms with E-state index >= 15 is 0 Å². The molecule has 1 aromatic rings. The lowest BCUT2D eigenvalue weighted by molar-refractivity contribution is -0.147. The molecule has 0 unspecified atom stereocenters. The molecule has 1 aliphatic rings. The van der Waals surface area contributed by atoms with Crippen molar-refractivity contribution in [1.29, 1.82) is 0 Å². The van der Waals surface area contributed by atoms with Crippen molar-refractivity contribution in [3.63, 3.8) is 0 Å². The number of cyclic esters (lactones) is 1. The molecule has 0 aromatic heterocycles. The third-order valence-electron chi connectivity index (χ3n) is 3.46. The van der Waals surface area contributed by atoms with Crippen LogP contribution in [0.2, 0.25) is 0 Å². The van der Waals surface area contributed by atoms with Crippen LogP contribution in [0, 0.1) is 0 Å². The second kappa shape index (κ2) is 6.55. The minimum Gasteiger partial charge on any atom is -0.451 e. The van der Waals surface area contributed by atoms with Crippen molar-refractivity contribution in [2.45, 2.75) is 38.2 Å². The van der Waals surface area contributed by atoms with Gasteiger partial charge in [-0.1, -0.05) is 59.8 Å². The molecule has 2 nitrogen and oxygen atoms in total. The predicted molar refractivity (Wildman–Crippen MR) is 85.5 cm³/mol. The molecule has 0 N–H and O–H groups in total. The number of benzene rings is 1. The maximum Gasteiger partial charge on any atom is 0.334 e. The maximum atomic E-state index is 11.9. The van der Waals surface area contributed by atoms with Crippen LogP contribution in [-0.2, 0) is 16.0 Å². The molecule has 1 aliphatic heterocycles. The first-order chi connectivity index (χ1) is 9.19. The first-order valence-electron chi connectivity index (χ1n) is 6.74. The Labute approximate surface area is 128 Å². The summed E-state index contributed by atoms with van der Waals surface area (Å²) in [6.45, 7) is 2.00. The lowest BCUT2D eigenvalue weighted by Crippen LogP contribution is -2.31. The summed E-state index contributed by atoms with van der Waals surface area (Å²) in [7, 11) is 0. The molecule has 0 radical (unpaired) electrons. The summed E-state index contributed by atoms with van der Waals surface area (Å²) in [6, 6.07) is 10.3. The maximum absolute atomic E-state index is 11.9. The number of ether oxygens (including phenoxy) is 1. The number of halogens is 1. The van der Waals surface area contributed by atoms with Gasteiger partial charge >= 0.3 is 5.97 Å². The topological polar surface area (TPSA) is 26.3 Å². The monoisotopic (exact) mass is 370 g/mol. The van der Waals surface area contributed by atoms with Crippen LogP contribution >= 0.6 is 22.6 Å². The van der Waals surface area contributed by atoms with Crippen molar-refractivity contribution in [2.24, 2.45) is 0 Å². The zero-order valence-corrected chi connectivity index (χ0v) is 13.4. The Bertz CT molecular complexity index is 467. The third kappa shape index (κ3) is 3.59. The molecule has 0 amide bonds. The number of alkyl halides is 1. The van der Waals surface area contributed by atoms with Crippen LogP contribution in [0.5, 0.6) is 0 Å². The quantitative estimate of drug-likeness (QED) is 0.429. The summed E-state index contributed by atoms with van der Waals surface area (Å²) < 4.78 is 6.81. The van der Waals surface area contributed by atoms with Gasteiger partial charge in [-0.15, -0.1) is 0 Å². The number of carbonyl (C=O) groups is 1. The van der Waals surface area contributed by atoms with Gasteiger partial charge in [-0.3, -0.25) is 0 Å². The normalized spacial score (nSPS) is 22.2. The Balaban J connectivity index is 2.21. The summed E-state index contributed by atoms with van der Waals surface area (Å²) >= 11 is 2.37. The molecule has 0 aliphatic carbocycles. The highest BCUT2D eigenvalue weighted by Crippen LogP contribution is 2.34. The molecule has 0 fully saturated rings. The van der Waals surface area contributed by atoms with E-state index in [2.05, 4.69) is 40.8 Å². The van der Waals surface area contributed by atoms with Crippen molar-refractivity contribution >= 4 is 28.6 Å². The molecule has 0 saturated heterocycles. The summed E-state index contributed by atoms with van der Waals surface area (Å²) in [6.07, 6.45) is 5.56. The number of hydrogen-bond donors (Lipinski definition) is 0. The van der Waals surface area contributed by atoms with Gasteiger partial charge in [0.15, 0.2) is 0 Å². The first-order valence-corrected chi connectivity index (χ1v) is 8.26. The minimum absolute atomic E-state index is 0.133. The number of esters is 1. The fraction of sp³-hybridized carbons (Fsp3) is 0.438. The highest BCUT2D eigenvalue weighted by molar-refractivity contribution is 14.1. The van der Waals surface area contributed by atoms with Crippen LogP contribution in [-0.4, -0.2) is 16.0 Å². The summed E-state index contributed by atoms with van der Waals surface area (Å²) in [5.41, 5.74) is 1.62. The van der Waals surface area contributed by atoms with E-state index in [4.69, 9.17) is 4.74 Å². The Hall–Kier alpha value is -0.840. The molecular weight excluding hydrogens is 351 g/mol. The van der Waals surface area contributed by atoms with Crippen molar-refractivity contribution in [1.82, 2.24) is 0 Å². The van der Waals surface area contributed by atoms with Gasteiger partial charge < -0.3 is 4.74 Å². The minimum atomic E-state index is -0.422. The molecular formula is C16H19IO2. The van der Waals surface area contributed by atoms with E-state index in [1.165, 1.54) is 5.56 Å². The van der Waals surface area contributed by atoms with Gasteiger partial charge in [-0.05, 0) is 35.3 Å². The van der Waals surface area contributed by atoms with E-state index in [9.17, 15) is 4.79 Å². The summed E-state index contributed by atoms with van der Waals surface area (Å²) in [5.74, 6) is -0.133. The predicted octanol–water partition coefficient (Wildman–Crippen LogP) is 4.08. The van der Waals surface area contributed by atoms with E-state index in [0.29, 0.717) is 0 Å². The van der Waals surface area contributed by atoms with Gasteiger partial charge in [0, 0.05) is 12.0 Å². The van der Waals surface area contributed by atoms with Crippen LogP contribution in [0.25, 0.3) is 0 Å². The number of hydrogen-bond acceptors (Lipinski definition) is 2. The second-order valence-electron chi connectivity index (χ2n) is 4.93. The molecule has 1 atom stereocenters. The van der Waals surface area contributed by atoms with Crippen molar-refractivity contribution in [2.75, 3.05) is 4.43 Å². The lowest BCUT2D eigenvalue weighted by Gasteiger charge is -2.26. The van der Waals surface area contributed by atoms with E-state index in [1.54, 1.807) is 0 Å². The molecule has 0 bridgehead atoms. The Morgan fingerprint density at radius 3 is 2.58 bits per heavy atom. The highest BCUT2D eigenvalue weighted by Gasteiger charge is 2.38. The third-order valence-corrected chi connectivity index (χ3v) is 4.22. The second-order valence-corrected chi connectivity index (χ2v) is 6.01. The average molecular weight is 370 g/mol. The molecule has 102 valence electrons. The van der Waals surface area contributed by atoms with Gasteiger partial charge in [-0.25, -0.2) is 4.79 Å².